The first-order valence-corrected chi connectivity index (χ1v) is 9.08. The molecule has 0 aliphatic carbocycles. The van der Waals surface area contributed by atoms with Crippen molar-refractivity contribution in [2.75, 3.05) is 33.9 Å². The standard InChI is InChI=1S/C17H23IN2O4/c1-4-19-16(21)11-6-5-7-20(10-11)17(22)12-8-14(23-2)15(24-3)9-13(12)18/h8-9,11H,4-7,10H2,1-3H3,(H,19,21). The zero-order chi connectivity index (χ0) is 17.7. The lowest BCUT2D eigenvalue weighted by Gasteiger charge is -2.32. The number of likely N-dealkylation sites (tertiary alicyclic amines) is 1. The number of hydrogen-bond acceptors (Lipinski definition) is 4. The van der Waals surface area contributed by atoms with Crippen molar-refractivity contribution < 1.29 is 19.1 Å². The largest absolute Gasteiger partial charge is 0.493 e. The molecule has 1 aromatic rings. The second-order valence-corrected chi connectivity index (χ2v) is 6.83. The Morgan fingerprint density at radius 1 is 1.29 bits per heavy atom. The van der Waals surface area contributed by atoms with E-state index in [1.807, 2.05) is 6.92 Å². The first-order chi connectivity index (χ1) is 11.5. The SMILES string of the molecule is CCNC(=O)C1CCCN(C(=O)c2cc(OC)c(OC)cc2I)C1. The number of methoxy groups -OCH3 is 2. The summed E-state index contributed by atoms with van der Waals surface area (Å²) in [6, 6.07) is 3.50. The van der Waals surface area contributed by atoms with Gasteiger partial charge in [-0.15, -0.1) is 0 Å². The van der Waals surface area contributed by atoms with Gasteiger partial charge in [-0.25, -0.2) is 0 Å². The zero-order valence-corrected chi connectivity index (χ0v) is 16.4. The molecule has 1 unspecified atom stereocenters. The third-order valence-corrected chi connectivity index (χ3v) is 5.03. The monoisotopic (exact) mass is 446 g/mol. The maximum absolute atomic E-state index is 12.9. The molecule has 1 saturated heterocycles. The maximum atomic E-state index is 12.9. The normalized spacial score (nSPS) is 17.3. The summed E-state index contributed by atoms with van der Waals surface area (Å²) in [6.07, 6.45) is 1.65. The van der Waals surface area contributed by atoms with Crippen LogP contribution in [-0.4, -0.2) is 50.6 Å². The molecular weight excluding hydrogens is 423 g/mol. The lowest BCUT2D eigenvalue weighted by Crippen LogP contribution is -2.45. The van der Waals surface area contributed by atoms with Crippen LogP contribution in [0.25, 0.3) is 0 Å². The summed E-state index contributed by atoms with van der Waals surface area (Å²) >= 11 is 2.12. The van der Waals surface area contributed by atoms with Crippen LogP contribution in [0.4, 0.5) is 0 Å². The number of piperidine rings is 1. The minimum Gasteiger partial charge on any atom is -0.493 e. The topological polar surface area (TPSA) is 67.9 Å². The number of amides is 2. The molecule has 2 amide bonds. The van der Waals surface area contributed by atoms with E-state index >= 15 is 0 Å². The van der Waals surface area contributed by atoms with Gasteiger partial charge in [0.05, 0.1) is 25.7 Å². The highest BCUT2D eigenvalue weighted by Gasteiger charge is 2.29. The maximum Gasteiger partial charge on any atom is 0.255 e. The highest BCUT2D eigenvalue weighted by Crippen LogP contribution is 2.32. The molecule has 1 atom stereocenters. The minimum atomic E-state index is -0.138. The number of ether oxygens (including phenoxy) is 2. The Morgan fingerprint density at radius 3 is 2.58 bits per heavy atom. The summed E-state index contributed by atoms with van der Waals surface area (Å²) in [4.78, 5) is 26.7. The molecule has 1 N–H and O–H groups in total. The summed E-state index contributed by atoms with van der Waals surface area (Å²) in [5, 5.41) is 2.84. The summed E-state index contributed by atoms with van der Waals surface area (Å²) in [6.45, 7) is 3.63. The molecule has 1 aromatic carbocycles. The smallest absolute Gasteiger partial charge is 0.255 e. The molecule has 0 bridgehead atoms. The average Bonchev–Trinajstić information content (AvgIpc) is 2.61. The number of carbonyl (C=O) groups is 2. The fourth-order valence-corrected chi connectivity index (χ4v) is 3.55. The molecule has 0 radical (unpaired) electrons. The van der Waals surface area contributed by atoms with Crippen molar-refractivity contribution in [2.45, 2.75) is 19.8 Å². The summed E-state index contributed by atoms with van der Waals surface area (Å²) in [7, 11) is 3.11. The molecule has 1 aliphatic rings. The minimum absolute atomic E-state index is 0.0250. The molecule has 0 saturated carbocycles. The van der Waals surface area contributed by atoms with Gasteiger partial charge < -0.3 is 19.7 Å². The Hall–Kier alpha value is -1.51. The lowest BCUT2D eigenvalue weighted by atomic mass is 9.96. The van der Waals surface area contributed by atoms with Crippen LogP contribution in [0.2, 0.25) is 0 Å². The van der Waals surface area contributed by atoms with E-state index in [2.05, 4.69) is 27.9 Å². The number of carbonyl (C=O) groups excluding carboxylic acids is 2. The number of rotatable bonds is 5. The molecule has 132 valence electrons. The van der Waals surface area contributed by atoms with Crippen molar-refractivity contribution in [1.29, 1.82) is 0 Å². The van der Waals surface area contributed by atoms with Crippen LogP contribution in [0, 0.1) is 9.49 Å². The predicted octanol–water partition coefficient (Wildman–Crippen LogP) is 2.30. The van der Waals surface area contributed by atoms with Crippen molar-refractivity contribution in [1.82, 2.24) is 10.2 Å². The van der Waals surface area contributed by atoms with E-state index < -0.39 is 0 Å². The van der Waals surface area contributed by atoms with Gasteiger partial charge in [-0.05, 0) is 54.5 Å². The quantitative estimate of drug-likeness (QED) is 0.706. The number of benzene rings is 1. The van der Waals surface area contributed by atoms with Gasteiger partial charge in [0.15, 0.2) is 11.5 Å². The summed E-state index contributed by atoms with van der Waals surface area (Å²) < 4.78 is 11.4. The number of hydrogen-bond donors (Lipinski definition) is 1. The van der Waals surface area contributed by atoms with E-state index in [0.717, 1.165) is 16.4 Å². The Kier molecular flexibility index (Phi) is 6.70. The molecule has 1 aliphatic heterocycles. The van der Waals surface area contributed by atoms with Crippen LogP contribution in [0.3, 0.4) is 0 Å². The molecule has 0 aromatic heterocycles. The van der Waals surface area contributed by atoms with Crippen molar-refractivity contribution in [3.05, 3.63) is 21.3 Å². The van der Waals surface area contributed by atoms with Crippen molar-refractivity contribution in [3.8, 4) is 11.5 Å². The van der Waals surface area contributed by atoms with E-state index in [1.165, 1.54) is 0 Å². The Morgan fingerprint density at radius 2 is 1.96 bits per heavy atom. The van der Waals surface area contributed by atoms with Crippen molar-refractivity contribution >= 4 is 34.4 Å². The number of halogens is 1. The third kappa shape index (κ3) is 4.12. The molecule has 6 nitrogen and oxygen atoms in total. The second-order valence-electron chi connectivity index (χ2n) is 5.67. The predicted molar refractivity (Wildman–Crippen MR) is 99.6 cm³/mol. The number of nitrogens with zero attached hydrogens (tertiary/aromatic N) is 1. The molecule has 1 fully saturated rings. The van der Waals surface area contributed by atoms with Crippen LogP contribution >= 0.6 is 22.6 Å². The second kappa shape index (κ2) is 8.55. The van der Waals surface area contributed by atoms with Gasteiger partial charge in [0.1, 0.15) is 0 Å². The van der Waals surface area contributed by atoms with E-state index in [-0.39, 0.29) is 17.7 Å². The molecule has 1 heterocycles. The Balaban J connectivity index is 2.20. The highest BCUT2D eigenvalue weighted by atomic mass is 127. The van der Waals surface area contributed by atoms with Gasteiger partial charge in [-0.2, -0.15) is 0 Å². The van der Waals surface area contributed by atoms with E-state index in [9.17, 15) is 9.59 Å². The fraction of sp³-hybridized carbons (Fsp3) is 0.529. The Bertz CT molecular complexity index is 621. The van der Waals surface area contributed by atoms with Crippen LogP contribution in [-0.2, 0) is 4.79 Å². The zero-order valence-electron chi connectivity index (χ0n) is 14.2. The summed E-state index contributed by atoms with van der Waals surface area (Å²) in [5.41, 5.74) is 0.574. The third-order valence-electron chi connectivity index (χ3n) is 4.13. The van der Waals surface area contributed by atoms with E-state index in [1.54, 1.807) is 31.3 Å². The van der Waals surface area contributed by atoms with Gasteiger partial charge >= 0.3 is 0 Å². The highest BCUT2D eigenvalue weighted by molar-refractivity contribution is 14.1. The van der Waals surface area contributed by atoms with Crippen molar-refractivity contribution in [2.24, 2.45) is 5.92 Å². The fourth-order valence-electron chi connectivity index (χ4n) is 2.88. The number of nitrogens with one attached hydrogen (secondary N) is 1. The molecule has 2 rings (SSSR count). The molecule has 0 spiro atoms. The van der Waals surface area contributed by atoms with Gasteiger partial charge in [-0.1, -0.05) is 0 Å². The first kappa shape index (κ1) is 18.8. The van der Waals surface area contributed by atoms with Gasteiger partial charge in [0.25, 0.3) is 5.91 Å². The van der Waals surface area contributed by atoms with Crippen LogP contribution < -0.4 is 14.8 Å². The lowest BCUT2D eigenvalue weighted by molar-refractivity contribution is -0.126. The van der Waals surface area contributed by atoms with Gasteiger partial charge in [-0.3, -0.25) is 9.59 Å². The van der Waals surface area contributed by atoms with E-state index in [4.69, 9.17) is 9.47 Å². The van der Waals surface area contributed by atoms with E-state index in [0.29, 0.717) is 36.7 Å². The summed E-state index contributed by atoms with van der Waals surface area (Å²) in [5.74, 6) is 0.933. The first-order valence-electron chi connectivity index (χ1n) is 8.00. The van der Waals surface area contributed by atoms with Gasteiger partial charge in [0, 0.05) is 23.2 Å². The van der Waals surface area contributed by atoms with Crippen molar-refractivity contribution in [3.63, 3.8) is 0 Å². The molecule has 24 heavy (non-hydrogen) atoms. The average molecular weight is 446 g/mol. The molecule has 7 heteroatoms. The molecular formula is C17H23IN2O4. The Labute approximate surface area is 156 Å². The van der Waals surface area contributed by atoms with Crippen LogP contribution in [0.1, 0.15) is 30.1 Å². The van der Waals surface area contributed by atoms with Crippen LogP contribution in [0.5, 0.6) is 11.5 Å². The van der Waals surface area contributed by atoms with Crippen LogP contribution in [0.15, 0.2) is 12.1 Å². The van der Waals surface area contributed by atoms with Gasteiger partial charge in [0.2, 0.25) is 5.91 Å².